The molecule has 0 radical (unpaired) electrons. The summed E-state index contributed by atoms with van der Waals surface area (Å²) < 4.78 is 11.2. The monoisotopic (exact) mass is 516 g/mol. The third-order valence-corrected chi connectivity index (χ3v) is 6.51. The summed E-state index contributed by atoms with van der Waals surface area (Å²) in [6, 6.07) is 17.7. The van der Waals surface area contributed by atoms with Crippen molar-refractivity contribution < 1.29 is 24.2 Å². The number of urea groups is 1. The summed E-state index contributed by atoms with van der Waals surface area (Å²) in [5, 5.41) is 12.3. The highest BCUT2D eigenvalue weighted by Crippen LogP contribution is 2.15. The Kier molecular flexibility index (Phi) is 13.8. The van der Waals surface area contributed by atoms with Crippen molar-refractivity contribution in [2.24, 2.45) is 5.92 Å². The van der Waals surface area contributed by atoms with Crippen molar-refractivity contribution in [3.8, 4) is 5.75 Å². The minimum absolute atomic E-state index is 0.0636. The second kappa shape index (κ2) is 16.9. The van der Waals surface area contributed by atoms with E-state index in [1.165, 1.54) is 5.56 Å². The van der Waals surface area contributed by atoms with Crippen molar-refractivity contribution in [1.29, 1.82) is 0 Å². The summed E-state index contributed by atoms with van der Waals surface area (Å²) >= 11 is 1.87. The number of carboxylic acids is 1. The van der Waals surface area contributed by atoms with E-state index in [0.29, 0.717) is 50.9 Å². The van der Waals surface area contributed by atoms with Crippen molar-refractivity contribution >= 4 is 23.8 Å². The topological polar surface area (TPSA) is 88.1 Å². The molecule has 8 heteroatoms. The van der Waals surface area contributed by atoms with Crippen LogP contribution in [0.15, 0.2) is 54.6 Å². The van der Waals surface area contributed by atoms with Gasteiger partial charge in [0.05, 0.1) is 6.54 Å². The van der Waals surface area contributed by atoms with Crippen molar-refractivity contribution in [2.45, 2.75) is 45.5 Å². The average molecular weight is 517 g/mol. The molecule has 0 fully saturated rings. The van der Waals surface area contributed by atoms with Gasteiger partial charge >= 0.3 is 12.0 Å². The maximum Gasteiger partial charge on any atom is 0.333 e. The highest BCUT2D eigenvalue weighted by Gasteiger charge is 2.18. The second-order valence-corrected chi connectivity index (χ2v) is 10.0. The first-order valence-corrected chi connectivity index (χ1v) is 13.7. The number of carboxylic acid groups (broad SMARTS) is 1. The molecule has 0 heterocycles. The van der Waals surface area contributed by atoms with E-state index in [1.807, 2.05) is 47.0 Å². The van der Waals surface area contributed by atoms with Crippen LogP contribution in [0.3, 0.4) is 0 Å². The molecule has 0 aliphatic rings. The molecule has 198 valence electrons. The standard InChI is InChI=1S/C28H40N2O5S/c1-4-34-26(27(31)32)19-23-11-13-25(14-12-23)35-17-16-30(28(33)29-20-22(2)3)15-8-18-36-21-24-9-6-5-7-10-24/h5-7,9-14,22,26H,4,8,15-21H2,1-3H3,(H,29,33)(H,31,32). The van der Waals surface area contributed by atoms with Crippen molar-refractivity contribution in [2.75, 3.05) is 38.6 Å². The van der Waals surface area contributed by atoms with Crippen LogP contribution in [0.5, 0.6) is 5.75 Å². The van der Waals surface area contributed by atoms with Gasteiger partial charge in [-0.3, -0.25) is 0 Å². The molecule has 0 saturated carbocycles. The zero-order valence-corrected chi connectivity index (χ0v) is 22.5. The minimum atomic E-state index is -0.966. The number of hydrogen-bond acceptors (Lipinski definition) is 5. The van der Waals surface area contributed by atoms with Gasteiger partial charge in [0.25, 0.3) is 0 Å². The number of benzene rings is 2. The lowest BCUT2D eigenvalue weighted by Crippen LogP contribution is -2.43. The first-order chi connectivity index (χ1) is 17.4. The normalized spacial score (nSPS) is 11.8. The lowest BCUT2D eigenvalue weighted by molar-refractivity contribution is -0.149. The lowest BCUT2D eigenvalue weighted by Gasteiger charge is -2.24. The van der Waals surface area contributed by atoms with Gasteiger partial charge in [-0.1, -0.05) is 56.3 Å². The molecule has 1 atom stereocenters. The van der Waals surface area contributed by atoms with E-state index in [4.69, 9.17) is 9.47 Å². The van der Waals surface area contributed by atoms with Gasteiger partial charge in [-0.25, -0.2) is 9.59 Å². The molecular formula is C28H40N2O5S. The van der Waals surface area contributed by atoms with Gasteiger partial charge in [0.1, 0.15) is 12.4 Å². The van der Waals surface area contributed by atoms with Crippen LogP contribution >= 0.6 is 11.8 Å². The van der Waals surface area contributed by atoms with E-state index in [1.54, 1.807) is 6.92 Å². The number of amides is 2. The van der Waals surface area contributed by atoms with Crippen molar-refractivity contribution in [1.82, 2.24) is 10.2 Å². The van der Waals surface area contributed by atoms with Crippen molar-refractivity contribution in [3.05, 3.63) is 65.7 Å². The summed E-state index contributed by atoms with van der Waals surface area (Å²) in [6.07, 6.45) is 0.354. The minimum Gasteiger partial charge on any atom is -0.492 e. The molecule has 2 aromatic rings. The maximum absolute atomic E-state index is 12.7. The molecule has 2 amide bonds. The molecule has 1 unspecified atom stereocenters. The highest BCUT2D eigenvalue weighted by molar-refractivity contribution is 7.98. The van der Waals surface area contributed by atoms with Crippen LogP contribution in [-0.2, 0) is 21.7 Å². The number of ether oxygens (including phenoxy) is 2. The fraction of sp³-hybridized carbons (Fsp3) is 0.500. The van der Waals surface area contributed by atoms with Gasteiger partial charge in [0.15, 0.2) is 6.10 Å². The SMILES string of the molecule is CCOC(Cc1ccc(OCCN(CCCSCc2ccccc2)C(=O)NCC(C)C)cc1)C(=O)O. The third kappa shape index (κ3) is 11.8. The van der Waals surface area contributed by atoms with E-state index in [9.17, 15) is 14.7 Å². The predicted octanol–water partition coefficient (Wildman–Crippen LogP) is 5.09. The molecule has 0 spiro atoms. The molecule has 0 bridgehead atoms. The Bertz CT molecular complexity index is 893. The number of carbonyl (C=O) groups is 2. The highest BCUT2D eigenvalue weighted by atomic mass is 32.2. The first-order valence-electron chi connectivity index (χ1n) is 12.6. The summed E-state index contributed by atoms with van der Waals surface area (Å²) in [4.78, 5) is 25.8. The number of carbonyl (C=O) groups excluding carboxylic acids is 1. The Morgan fingerprint density at radius 3 is 2.39 bits per heavy atom. The lowest BCUT2D eigenvalue weighted by atomic mass is 10.1. The Hall–Kier alpha value is -2.71. The Labute approximate surface area is 219 Å². The molecule has 0 saturated heterocycles. The van der Waals surface area contributed by atoms with E-state index in [2.05, 4.69) is 43.4 Å². The number of nitrogens with one attached hydrogen (secondary N) is 1. The Morgan fingerprint density at radius 1 is 1.03 bits per heavy atom. The van der Waals surface area contributed by atoms with Crippen LogP contribution in [0, 0.1) is 5.92 Å². The molecule has 2 N–H and O–H groups in total. The first kappa shape index (κ1) is 29.5. The molecule has 2 aromatic carbocycles. The van der Waals surface area contributed by atoms with Gasteiger partial charge in [-0.2, -0.15) is 11.8 Å². The quantitative estimate of drug-likeness (QED) is 0.285. The van der Waals surface area contributed by atoms with Crippen LogP contribution in [0.1, 0.15) is 38.3 Å². The Balaban J connectivity index is 1.80. The molecule has 36 heavy (non-hydrogen) atoms. The number of hydrogen-bond donors (Lipinski definition) is 2. The zero-order chi connectivity index (χ0) is 26.2. The summed E-state index contributed by atoms with van der Waals surface area (Å²) in [5.41, 5.74) is 2.18. The smallest absolute Gasteiger partial charge is 0.333 e. The van der Waals surface area contributed by atoms with E-state index >= 15 is 0 Å². The molecule has 7 nitrogen and oxygen atoms in total. The second-order valence-electron chi connectivity index (χ2n) is 8.94. The van der Waals surface area contributed by atoms with Gasteiger partial charge < -0.3 is 24.8 Å². The van der Waals surface area contributed by atoms with Crippen LogP contribution in [0.4, 0.5) is 4.79 Å². The molecule has 0 aromatic heterocycles. The molecular weight excluding hydrogens is 476 g/mol. The maximum atomic E-state index is 12.7. The fourth-order valence-electron chi connectivity index (χ4n) is 3.47. The van der Waals surface area contributed by atoms with Crippen molar-refractivity contribution in [3.63, 3.8) is 0 Å². The fourth-order valence-corrected chi connectivity index (χ4v) is 4.37. The van der Waals surface area contributed by atoms with Gasteiger partial charge in [-0.05, 0) is 48.3 Å². The molecule has 0 aliphatic heterocycles. The van der Waals surface area contributed by atoms with Crippen LogP contribution in [0.25, 0.3) is 0 Å². The number of rotatable bonds is 17. The van der Waals surface area contributed by atoms with E-state index < -0.39 is 12.1 Å². The van der Waals surface area contributed by atoms with E-state index in [-0.39, 0.29) is 6.03 Å². The number of nitrogens with zero attached hydrogens (tertiary/aromatic N) is 1. The average Bonchev–Trinajstić information content (AvgIpc) is 2.87. The number of thioether (sulfide) groups is 1. The van der Waals surface area contributed by atoms with Gasteiger partial charge in [0.2, 0.25) is 0 Å². The van der Waals surface area contributed by atoms with Gasteiger partial charge in [-0.15, -0.1) is 0 Å². The summed E-state index contributed by atoms with van der Waals surface area (Å²) in [6.45, 7) is 8.45. The van der Waals surface area contributed by atoms with Crippen LogP contribution in [0.2, 0.25) is 0 Å². The van der Waals surface area contributed by atoms with Gasteiger partial charge in [0, 0.05) is 31.9 Å². The summed E-state index contributed by atoms with van der Waals surface area (Å²) in [5.74, 6) is 2.05. The predicted molar refractivity (Wildman–Crippen MR) is 146 cm³/mol. The van der Waals surface area contributed by atoms with Crippen LogP contribution < -0.4 is 10.1 Å². The van der Waals surface area contributed by atoms with Crippen LogP contribution in [-0.4, -0.2) is 66.7 Å². The third-order valence-electron chi connectivity index (χ3n) is 5.39. The summed E-state index contributed by atoms with van der Waals surface area (Å²) in [7, 11) is 0. The number of aliphatic carboxylic acids is 1. The van der Waals surface area contributed by atoms with E-state index in [0.717, 1.165) is 23.5 Å². The zero-order valence-electron chi connectivity index (χ0n) is 21.7. The Morgan fingerprint density at radius 2 is 1.75 bits per heavy atom. The molecule has 2 rings (SSSR count). The molecule has 0 aliphatic carbocycles. The largest absolute Gasteiger partial charge is 0.492 e.